The number of anilines is 1. The van der Waals surface area contributed by atoms with Gasteiger partial charge in [0.2, 0.25) is 5.91 Å². The number of amides is 1. The van der Waals surface area contributed by atoms with Crippen LogP contribution in [-0.2, 0) is 4.79 Å². The molecule has 1 heterocycles. The van der Waals surface area contributed by atoms with Crippen molar-refractivity contribution in [3.8, 4) is 0 Å². The van der Waals surface area contributed by atoms with Gasteiger partial charge in [-0.2, -0.15) is 0 Å². The second-order valence-electron chi connectivity index (χ2n) is 4.76. The van der Waals surface area contributed by atoms with Crippen LogP contribution in [0, 0.1) is 0 Å². The molecule has 0 spiro atoms. The molecule has 2 aromatic carbocycles. The van der Waals surface area contributed by atoms with Crippen LogP contribution in [0.5, 0.6) is 0 Å². The Labute approximate surface area is 138 Å². The highest BCUT2D eigenvalue weighted by molar-refractivity contribution is 7.99. The number of hydrogen-bond donors (Lipinski definition) is 0. The van der Waals surface area contributed by atoms with Gasteiger partial charge in [0, 0.05) is 16.5 Å². The highest BCUT2D eigenvalue weighted by Gasteiger charge is 2.29. The standard InChI is InChI=1S/C16H13Cl2NOS/c17-9-16(20)19-10-15(11-5-7-12(18)8-6-11)21-14-4-2-1-3-13(14)19/h1-8,15H,9-10H2/t15-/m0/s1. The zero-order chi connectivity index (χ0) is 14.8. The van der Waals surface area contributed by atoms with E-state index in [1.807, 2.05) is 48.5 Å². The van der Waals surface area contributed by atoms with Crippen LogP contribution in [0.4, 0.5) is 5.69 Å². The summed E-state index contributed by atoms with van der Waals surface area (Å²) in [5, 5.41) is 0.901. The monoisotopic (exact) mass is 337 g/mol. The molecule has 3 rings (SSSR count). The number of alkyl halides is 1. The van der Waals surface area contributed by atoms with Crippen LogP contribution in [0.2, 0.25) is 5.02 Å². The molecule has 1 amide bonds. The van der Waals surface area contributed by atoms with Gasteiger partial charge in [0.05, 0.1) is 10.9 Å². The minimum atomic E-state index is -0.0663. The number of rotatable bonds is 2. The number of carbonyl (C=O) groups is 1. The van der Waals surface area contributed by atoms with E-state index in [9.17, 15) is 4.79 Å². The lowest BCUT2D eigenvalue weighted by molar-refractivity contribution is -0.116. The molecule has 0 saturated heterocycles. The summed E-state index contributed by atoms with van der Waals surface area (Å²) in [6.45, 7) is 0.620. The van der Waals surface area contributed by atoms with E-state index in [1.165, 1.54) is 0 Å². The number of thioether (sulfide) groups is 1. The molecule has 5 heteroatoms. The van der Waals surface area contributed by atoms with Crippen LogP contribution in [0.3, 0.4) is 0 Å². The van der Waals surface area contributed by atoms with Crippen molar-refractivity contribution in [2.75, 3.05) is 17.3 Å². The van der Waals surface area contributed by atoms with E-state index in [2.05, 4.69) is 0 Å². The summed E-state index contributed by atoms with van der Waals surface area (Å²) in [5.41, 5.74) is 2.10. The van der Waals surface area contributed by atoms with Crippen LogP contribution in [0.1, 0.15) is 10.8 Å². The Bertz CT molecular complexity index is 660. The van der Waals surface area contributed by atoms with E-state index < -0.39 is 0 Å². The van der Waals surface area contributed by atoms with Crippen LogP contribution in [0.15, 0.2) is 53.4 Å². The number of carbonyl (C=O) groups excluding carboxylic acids is 1. The van der Waals surface area contributed by atoms with Gasteiger partial charge in [-0.1, -0.05) is 35.9 Å². The Hall–Kier alpha value is -1.16. The molecule has 2 nitrogen and oxygen atoms in total. The largest absolute Gasteiger partial charge is 0.309 e. The topological polar surface area (TPSA) is 20.3 Å². The first-order valence-electron chi connectivity index (χ1n) is 6.56. The summed E-state index contributed by atoms with van der Waals surface area (Å²) in [6, 6.07) is 15.7. The van der Waals surface area contributed by atoms with Gasteiger partial charge in [-0.05, 0) is 29.8 Å². The van der Waals surface area contributed by atoms with Crippen molar-refractivity contribution in [1.82, 2.24) is 0 Å². The van der Waals surface area contributed by atoms with Crippen LogP contribution >= 0.6 is 35.0 Å². The van der Waals surface area contributed by atoms with Crippen molar-refractivity contribution < 1.29 is 4.79 Å². The van der Waals surface area contributed by atoms with E-state index in [0.717, 1.165) is 16.1 Å². The Kier molecular flexibility index (Phi) is 4.43. The maximum absolute atomic E-state index is 12.1. The van der Waals surface area contributed by atoms with Gasteiger partial charge in [-0.15, -0.1) is 23.4 Å². The quantitative estimate of drug-likeness (QED) is 0.736. The molecule has 0 fully saturated rings. The highest BCUT2D eigenvalue weighted by atomic mass is 35.5. The maximum atomic E-state index is 12.1. The minimum absolute atomic E-state index is 0.00760. The lowest BCUT2D eigenvalue weighted by Crippen LogP contribution is -2.37. The average Bonchev–Trinajstić information content (AvgIpc) is 2.53. The third-order valence-electron chi connectivity index (χ3n) is 3.43. The van der Waals surface area contributed by atoms with E-state index in [0.29, 0.717) is 11.6 Å². The summed E-state index contributed by atoms with van der Waals surface area (Å²) >= 11 is 13.5. The van der Waals surface area contributed by atoms with Gasteiger partial charge < -0.3 is 4.90 Å². The van der Waals surface area contributed by atoms with Crippen molar-refractivity contribution in [3.63, 3.8) is 0 Å². The molecule has 21 heavy (non-hydrogen) atoms. The van der Waals surface area contributed by atoms with Crippen molar-refractivity contribution in [2.45, 2.75) is 10.1 Å². The van der Waals surface area contributed by atoms with Gasteiger partial charge in [-0.3, -0.25) is 4.79 Å². The van der Waals surface area contributed by atoms with Gasteiger partial charge in [0.15, 0.2) is 0 Å². The zero-order valence-electron chi connectivity index (χ0n) is 11.1. The first-order chi connectivity index (χ1) is 10.2. The molecule has 0 aliphatic carbocycles. The van der Waals surface area contributed by atoms with E-state index in [-0.39, 0.29) is 17.0 Å². The highest BCUT2D eigenvalue weighted by Crippen LogP contribution is 2.45. The third-order valence-corrected chi connectivity index (χ3v) is 5.22. The smallest absolute Gasteiger partial charge is 0.241 e. The lowest BCUT2D eigenvalue weighted by Gasteiger charge is -2.34. The Morgan fingerprint density at radius 2 is 1.90 bits per heavy atom. The molecule has 2 aromatic rings. The Morgan fingerprint density at radius 1 is 1.19 bits per heavy atom. The van der Waals surface area contributed by atoms with Gasteiger partial charge in [-0.25, -0.2) is 0 Å². The second kappa shape index (κ2) is 6.30. The molecule has 0 saturated carbocycles. The molecular formula is C16H13Cl2NOS. The molecule has 1 atom stereocenters. The third kappa shape index (κ3) is 3.05. The molecule has 0 aromatic heterocycles. The fourth-order valence-electron chi connectivity index (χ4n) is 2.39. The predicted octanol–water partition coefficient (Wildman–Crippen LogP) is 4.76. The van der Waals surface area contributed by atoms with Gasteiger partial charge in [0.25, 0.3) is 0 Å². The molecular weight excluding hydrogens is 325 g/mol. The molecule has 108 valence electrons. The number of para-hydroxylation sites is 1. The summed E-state index contributed by atoms with van der Waals surface area (Å²) in [4.78, 5) is 15.0. The normalized spacial score (nSPS) is 17.4. The lowest BCUT2D eigenvalue weighted by atomic mass is 10.1. The van der Waals surface area contributed by atoms with E-state index in [1.54, 1.807) is 16.7 Å². The van der Waals surface area contributed by atoms with Crippen molar-refractivity contribution in [1.29, 1.82) is 0 Å². The van der Waals surface area contributed by atoms with Crippen molar-refractivity contribution in [3.05, 3.63) is 59.1 Å². The molecule has 1 aliphatic rings. The number of hydrogen-bond acceptors (Lipinski definition) is 2. The fourth-order valence-corrected chi connectivity index (χ4v) is 3.94. The SMILES string of the molecule is O=C(CCl)N1C[C@@H](c2ccc(Cl)cc2)Sc2ccccc21. The van der Waals surface area contributed by atoms with Crippen molar-refractivity contribution >= 4 is 46.6 Å². The first-order valence-corrected chi connectivity index (χ1v) is 8.35. The molecule has 0 N–H and O–H groups in total. The fraction of sp³-hybridized carbons (Fsp3) is 0.188. The Balaban J connectivity index is 1.96. The number of nitrogens with zero attached hydrogens (tertiary/aromatic N) is 1. The maximum Gasteiger partial charge on any atom is 0.241 e. The van der Waals surface area contributed by atoms with E-state index in [4.69, 9.17) is 23.2 Å². The average molecular weight is 338 g/mol. The van der Waals surface area contributed by atoms with Crippen LogP contribution < -0.4 is 4.90 Å². The van der Waals surface area contributed by atoms with E-state index >= 15 is 0 Å². The van der Waals surface area contributed by atoms with Gasteiger partial charge in [0.1, 0.15) is 5.88 Å². The zero-order valence-corrected chi connectivity index (χ0v) is 13.5. The molecule has 1 aliphatic heterocycles. The first kappa shape index (κ1) is 14.8. The second-order valence-corrected chi connectivity index (χ2v) is 6.71. The number of halogens is 2. The molecule has 0 radical (unpaired) electrons. The minimum Gasteiger partial charge on any atom is -0.309 e. The summed E-state index contributed by atoms with van der Waals surface area (Å²) in [5.74, 6) is -0.0739. The van der Waals surface area contributed by atoms with Gasteiger partial charge >= 0.3 is 0 Å². The number of benzene rings is 2. The van der Waals surface area contributed by atoms with Crippen LogP contribution in [-0.4, -0.2) is 18.3 Å². The molecule has 0 unspecified atom stereocenters. The Morgan fingerprint density at radius 3 is 2.62 bits per heavy atom. The summed E-state index contributed by atoms with van der Waals surface area (Å²) < 4.78 is 0. The summed E-state index contributed by atoms with van der Waals surface area (Å²) in [7, 11) is 0. The predicted molar refractivity (Wildman–Crippen MR) is 89.6 cm³/mol. The number of fused-ring (bicyclic) bond motifs is 1. The van der Waals surface area contributed by atoms with Crippen molar-refractivity contribution in [2.24, 2.45) is 0 Å². The summed E-state index contributed by atoms with van der Waals surface area (Å²) in [6.07, 6.45) is 0. The van der Waals surface area contributed by atoms with Crippen LogP contribution in [0.25, 0.3) is 0 Å². The molecule has 0 bridgehead atoms.